The van der Waals surface area contributed by atoms with Crippen molar-refractivity contribution in [2.75, 3.05) is 6.16 Å². The molecule has 3 heteroatoms. The fourth-order valence-electron chi connectivity index (χ4n) is 1.58. The average molecular weight is 270 g/mol. The fraction of sp³-hybridized carbons (Fsp3) is 0.600. The molecule has 104 valence electrons. The Bertz CT molecular complexity index is 310. The van der Waals surface area contributed by atoms with Gasteiger partial charge in [0, 0.05) is 6.16 Å². The van der Waals surface area contributed by atoms with Gasteiger partial charge in [-0.2, -0.15) is 0 Å². The summed E-state index contributed by atoms with van der Waals surface area (Å²) in [5.41, 5.74) is 4.05. The van der Waals surface area contributed by atoms with E-state index >= 15 is 0 Å². The van der Waals surface area contributed by atoms with Crippen LogP contribution in [-0.2, 0) is 0 Å². The highest BCUT2D eigenvalue weighted by Gasteiger charge is 1.95. The first-order valence-corrected chi connectivity index (χ1v) is 7.95. The van der Waals surface area contributed by atoms with Gasteiger partial charge in [-0.3, -0.25) is 0 Å². The van der Waals surface area contributed by atoms with E-state index in [0.717, 1.165) is 25.7 Å². The van der Waals surface area contributed by atoms with Crippen molar-refractivity contribution in [2.24, 2.45) is 0 Å². The Hall–Kier alpha value is -0.430. The van der Waals surface area contributed by atoms with Crippen LogP contribution in [0.5, 0.6) is 0 Å². The molecule has 0 unspecified atom stereocenters. The molecule has 2 nitrogen and oxygen atoms in total. The highest BCUT2D eigenvalue weighted by Crippen LogP contribution is 2.23. The summed E-state index contributed by atoms with van der Waals surface area (Å²) in [4.78, 5) is 17.6. The predicted octanol–water partition coefficient (Wildman–Crippen LogP) is 4.70. The van der Waals surface area contributed by atoms with E-state index in [4.69, 9.17) is 9.79 Å². The molecule has 0 aromatic rings. The molecule has 0 aromatic carbocycles. The first-order chi connectivity index (χ1) is 8.41. The summed E-state index contributed by atoms with van der Waals surface area (Å²) < 4.78 is 0. The number of hydrogen-bond acceptors (Lipinski definition) is 2. The van der Waals surface area contributed by atoms with Crippen LogP contribution in [0, 0.1) is 0 Å². The molecule has 0 aliphatic carbocycles. The Morgan fingerprint density at radius 1 is 0.833 bits per heavy atom. The molecule has 0 saturated heterocycles. The van der Waals surface area contributed by atoms with Crippen LogP contribution >= 0.6 is 8.38 Å². The maximum atomic E-state index is 8.82. The zero-order valence-electron chi connectivity index (χ0n) is 12.1. The van der Waals surface area contributed by atoms with E-state index in [1.165, 1.54) is 16.7 Å². The van der Waals surface area contributed by atoms with E-state index in [1.54, 1.807) is 0 Å². The maximum absolute atomic E-state index is 8.82. The van der Waals surface area contributed by atoms with Crippen molar-refractivity contribution < 1.29 is 9.79 Å². The molecule has 0 atom stereocenters. The highest BCUT2D eigenvalue weighted by molar-refractivity contribution is 7.45. The van der Waals surface area contributed by atoms with E-state index < -0.39 is 8.38 Å². The SMILES string of the molecule is CC(C)=CCC/C(C)=C/CC/C(C)=C/CP(O)O. The molecule has 0 rings (SSSR count). The fourth-order valence-corrected chi connectivity index (χ4v) is 2.05. The highest BCUT2D eigenvalue weighted by atomic mass is 31.2. The third kappa shape index (κ3) is 12.0. The smallest absolute Gasteiger partial charge is 0.168 e. The van der Waals surface area contributed by atoms with Gasteiger partial charge in [0.15, 0.2) is 8.38 Å². The van der Waals surface area contributed by atoms with Gasteiger partial charge in [-0.05, 0) is 53.4 Å². The summed E-state index contributed by atoms with van der Waals surface area (Å²) in [6.07, 6.45) is 11.2. The van der Waals surface area contributed by atoms with Crippen molar-refractivity contribution in [1.29, 1.82) is 0 Å². The molecule has 18 heavy (non-hydrogen) atoms. The van der Waals surface area contributed by atoms with E-state index in [0.29, 0.717) is 6.16 Å². The normalized spacial score (nSPS) is 13.1. The zero-order chi connectivity index (χ0) is 14.0. The van der Waals surface area contributed by atoms with Crippen LogP contribution in [-0.4, -0.2) is 15.9 Å². The molecule has 0 amide bonds. The first-order valence-electron chi connectivity index (χ1n) is 6.51. The minimum absolute atomic E-state index is 0.393. The summed E-state index contributed by atoms with van der Waals surface area (Å²) in [5, 5.41) is 0. The second-order valence-electron chi connectivity index (χ2n) is 5.01. The number of hydrogen-bond donors (Lipinski definition) is 2. The zero-order valence-corrected chi connectivity index (χ0v) is 13.0. The monoisotopic (exact) mass is 270 g/mol. The average Bonchev–Trinajstić information content (AvgIpc) is 2.25. The van der Waals surface area contributed by atoms with Crippen LogP contribution in [0.4, 0.5) is 0 Å². The third-order valence-electron chi connectivity index (χ3n) is 2.73. The number of rotatable bonds is 8. The van der Waals surface area contributed by atoms with Crippen LogP contribution in [0.25, 0.3) is 0 Å². The quantitative estimate of drug-likeness (QED) is 0.495. The molecule has 0 bridgehead atoms. The van der Waals surface area contributed by atoms with Gasteiger partial charge in [-0.25, -0.2) is 0 Å². The first kappa shape index (κ1) is 17.6. The Labute approximate surface area is 113 Å². The van der Waals surface area contributed by atoms with Gasteiger partial charge in [0.1, 0.15) is 0 Å². The molecular formula is C15H27O2P. The van der Waals surface area contributed by atoms with Crippen molar-refractivity contribution in [2.45, 2.75) is 53.4 Å². The molecular weight excluding hydrogens is 243 g/mol. The van der Waals surface area contributed by atoms with Crippen molar-refractivity contribution in [1.82, 2.24) is 0 Å². The van der Waals surface area contributed by atoms with Gasteiger partial charge < -0.3 is 9.79 Å². The summed E-state index contributed by atoms with van der Waals surface area (Å²) in [6, 6.07) is 0. The van der Waals surface area contributed by atoms with Crippen LogP contribution in [0.1, 0.15) is 53.4 Å². The van der Waals surface area contributed by atoms with Gasteiger partial charge in [0.05, 0.1) is 0 Å². The lowest BCUT2D eigenvalue weighted by Crippen LogP contribution is -1.83. The van der Waals surface area contributed by atoms with E-state index in [1.807, 2.05) is 13.0 Å². The summed E-state index contributed by atoms with van der Waals surface area (Å²) in [7, 11) is -1.77. The van der Waals surface area contributed by atoms with Gasteiger partial charge in [-0.15, -0.1) is 0 Å². The second-order valence-corrected chi connectivity index (χ2v) is 6.12. The topological polar surface area (TPSA) is 40.5 Å². The van der Waals surface area contributed by atoms with Crippen molar-refractivity contribution in [3.63, 3.8) is 0 Å². The lowest BCUT2D eigenvalue weighted by molar-refractivity contribution is 0.487. The Balaban J connectivity index is 3.86. The minimum Gasteiger partial charge on any atom is -0.350 e. The summed E-state index contributed by atoms with van der Waals surface area (Å²) in [6.45, 7) is 8.48. The molecule has 2 N–H and O–H groups in total. The Morgan fingerprint density at radius 2 is 1.33 bits per heavy atom. The van der Waals surface area contributed by atoms with Gasteiger partial charge in [0.25, 0.3) is 0 Å². The summed E-state index contributed by atoms with van der Waals surface area (Å²) >= 11 is 0. The molecule has 0 heterocycles. The van der Waals surface area contributed by atoms with E-state index in [2.05, 4.69) is 32.9 Å². The number of allylic oxidation sites excluding steroid dienone is 6. The van der Waals surface area contributed by atoms with Gasteiger partial charge in [0.2, 0.25) is 0 Å². The molecule has 0 aliphatic heterocycles. The maximum Gasteiger partial charge on any atom is 0.168 e. The molecule has 0 fully saturated rings. The van der Waals surface area contributed by atoms with Crippen LogP contribution < -0.4 is 0 Å². The molecule has 0 aromatic heterocycles. The Morgan fingerprint density at radius 3 is 1.83 bits per heavy atom. The predicted molar refractivity (Wildman–Crippen MR) is 81.6 cm³/mol. The van der Waals surface area contributed by atoms with Crippen molar-refractivity contribution in [3.05, 3.63) is 34.9 Å². The van der Waals surface area contributed by atoms with Crippen molar-refractivity contribution >= 4 is 8.38 Å². The van der Waals surface area contributed by atoms with Crippen LogP contribution in [0.15, 0.2) is 34.9 Å². The van der Waals surface area contributed by atoms with E-state index in [9.17, 15) is 0 Å². The minimum atomic E-state index is -1.77. The van der Waals surface area contributed by atoms with Crippen molar-refractivity contribution in [3.8, 4) is 0 Å². The molecule has 0 saturated carbocycles. The largest absolute Gasteiger partial charge is 0.350 e. The lowest BCUT2D eigenvalue weighted by atomic mass is 10.1. The van der Waals surface area contributed by atoms with Gasteiger partial charge >= 0.3 is 0 Å². The van der Waals surface area contributed by atoms with E-state index in [-0.39, 0.29) is 0 Å². The lowest BCUT2D eigenvalue weighted by Gasteiger charge is -2.02. The molecule has 0 spiro atoms. The van der Waals surface area contributed by atoms with Crippen LogP contribution in [0.3, 0.4) is 0 Å². The van der Waals surface area contributed by atoms with Crippen LogP contribution in [0.2, 0.25) is 0 Å². The second kappa shape index (κ2) is 10.5. The standard InChI is InChI=1S/C15H27O2P/c1-13(2)7-5-8-14(3)9-6-10-15(4)11-12-18(16)17/h7,9,11,16-17H,5-6,8,10,12H2,1-4H3/b14-9+,15-11+. The summed E-state index contributed by atoms with van der Waals surface area (Å²) in [5.74, 6) is 0. The third-order valence-corrected chi connectivity index (χ3v) is 3.23. The molecule has 0 radical (unpaired) electrons. The molecule has 0 aliphatic rings. The van der Waals surface area contributed by atoms with Gasteiger partial charge in [-0.1, -0.05) is 34.9 Å². The Kier molecular flexibility index (Phi) is 10.2.